The van der Waals surface area contributed by atoms with E-state index in [0.717, 1.165) is 30.4 Å². The van der Waals surface area contributed by atoms with Crippen LogP contribution in [0.1, 0.15) is 55.3 Å². The number of aliphatic imine (C=N–C) groups is 1. The lowest BCUT2D eigenvalue weighted by molar-refractivity contribution is -0.129. The minimum atomic E-state index is -0.821. The van der Waals surface area contributed by atoms with Gasteiger partial charge in [0.15, 0.2) is 5.96 Å². The fourth-order valence-electron chi connectivity index (χ4n) is 3.70. The first-order chi connectivity index (χ1) is 17.9. The molecule has 0 aliphatic heterocycles. The average molecular weight is 502 g/mol. The van der Waals surface area contributed by atoms with Gasteiger partial charge >= 0.3 is 0 Å². The first-order valence-electron chi connectivity index (χ1n) is 12.5. The molecule has 1 atom stereocenters. The predicted octanol–water partition coefficient (Wildman–Crippen LogP) is 4.22. The normalized spacial score (nSPS) is 11.3. The number of guanidine groups is 1. The molecule has 0 unspecified atom stereocenters. The van der Waals surface area contributed by atoms with Gasteiger partial charge in [0.25, 0.3) is 0 Å². The summed E-state index contributed by atoms with van der Waals surface area (Å²) in [5, 5.41) is 5.82. The number of carbonyl (C=O) groups is 2. The van der Waals surface area contributed by atoms with Gasteiger partial charge in [0.1, 0.15) is 18.4 Å². The summed E-state index contributed by atoms with van der Waals surface area (Å²) in [4.78, 5) is 29.8. The van der Waals surface area contributed by atoms with Gasteiger partial charge < -0.3 is 26.8 Å². The van der Waals surface area contributed by atoms with Crippen LogP contribution in [0.4, 0.5) is 5.69 Å². The number of benzene rings is 3. The second-order valence-corrected chi connectivity index (χ2v) is 8.72. The number of unbranched alkanes of at least 4 members (excludes halogenated alkanes) is 2. The maximum Gasteiger partial charge on any atom is 0.247 e. The Morgan fingerprint density at radius 2 is 1.59 bits per heavy atom. The molecule has 0 aromatic heterocycles. The Balaban J connectivity index is 1.66. The Morgan fingerprint density at radius 1 is 0.892 bits per heavy atom. The van der Waals surface area contributed by atoms with Gasteiger partial charge in [-0.25, -0.2) is 4.99 Å². The van der Waals surface area contributed by atoms with E-state index in [2.05, 4.69) is 22.5 Å². The summed E-state index contributed by atoms with van der Waals surface area (Å²) in [7, 11) is 0. The predicted molar refractivity (Wildman–Crippen MR) is 146 cm³/mol. The van der Waals surface area contributed by atoms with Crippen LogP contribution in [0.3, 0.4) is 0 Å². The van der Waals surface area contributed by atoms with E-state index >= 15 is 0 Å². The van der Waals surface area contributed by atoms with Gasteiger partial charge in [-0.05, 0) is 47.4 Å². The summed E-state index contributed by atoms with van der Waals surface area (Å²) < 4.78 is 5.86. The molecule has 6 N–H and O–H groups in total. The van der Waals surface area contributed by atoms with Crippen LogP contribution in [0, 0.1) is 0 Å². The minimum Gasteiger partial charge on any atom is -0.489 e. The van der Waals surface area contributed by atoms with Crippen molar-refractivity contribution >= 4 is 23.5 Å². The van der Waals surface area contributed by atoms with Gasteiger partial charge in [0, 0.05) is 13.0 Å². The van der Waals surface area contributed by atoms with Gasteiger partial charge in [-0.2, -0.15) is 0 Å². The second kappa shape index (κ2) is 14.3. The van der Waals surface area contributed by atoms with Crippen molar-refractivity contribution in [1.82, 2.24) is 10.6 Å². The molecule has 2 amide bonds. The van der Waals surface area contributed by atoms with Gasteiger partial charge in [0.2, 0.25) is 11.8 Å². The van der Waals surface area contributed by atoms with E-state index in [4.69, 9.17) is 16.2 Å². The summed E-state index contributed by atoms with van der Waals surface area (Å²) in [5.41, 5.74) is 14.1. The molecule has 8 heteroatoms. The molecule has 3 aromatic rings. The van der Waals surface area contributed by atoms with E-state index in [0.29, 0.717) is 36.6 Å². The molecule has 0 saturated heterocycles. The van der Waals surface area contributed by atoms with Crippen molar-refractivity contribution in [2.75, 3.05) is 0 Å². The maximum absolute atomic E-state index is 13.2. The highest BCUT2D eigenvalue weighted by atomic mass is 16.5. The van der Waals surface area contributed by atoms with Crippen LogP contribution in [0.5, 0.6) is 5.75 Å². The monoisotopic (exact) mass is 501 g/mol. The zero-order chi connectivity index (χ0) is 26.5. The molecule has 3 aromatic carbocycles. The number of rotatable bonds is 13. The number of ether oxygens (including phenoxy) is 1. The Labute approximate surface area is 218 Å². The third kappa shape index (κ3) is 9.33. The molecule has 0 aliphatic rings. The first-order valence-corrected chi connectivity index (χ1v) is 12.5. The van der Waals surface area contributed by atoms with Crippen molar-refractivity contribution in [3.8, 4) is 5.75 Å². The standard InChI is InChI=1S/C29H35N5O3/c1-2-3-5-10-26(35)34-27(28(36)32-19-21-11-15-24(16-12-21)33-29(30)31)23-13-17-25(18-14-23)37-20-22-8-6-4-7-9-22/h4,6-9,11-18,27H,2-3,5,10,19-20H2,1H3,(H,32,36)(H,34,35)(H4,30,31,33)/t27-/m1/s1. The third-order valence-corrected chi connectivity index (χ3v) is 5.70. The molecular weight excluding hydrogens is 466 g/mol. The van der Waals surface area contributed by atoms with E-state index < -0.39 is 6.04 Å². The maximum atomic E-state index is 13.2. The number of amides is 2. The highest BCUT2D eigenvalue weighted by Crippen LogP contribution is 2.20. The lowest BCUT2D eigenvalue weighted by Crippen LogP contribution is -2.40. The summed E-state index contributed by atoms with van der Waals surface area (Å²) in [6.45, 7) is 2.82. The minimum absolute atomic E-state index is 0.0185. The van der Waals surface area contributed by atoms with Crippen LogP contribution in [0.25, 0.3) is 0 Å². The summed E-state index contributed by atoms with van der Waals surface area (Å²) in [6.07, 6.45) is 3.14. The van der Waals surface area contributed by atoms with Crippen molar-refractivity contribution in [2.24, 2.45) is 16.5 Å². The van der Waals surface area contributed by atoms with Crippen molar-refractivity contribution in [3.63, 3.8) is 0 Å². The molecule has 0 fully saturated rings. The van der Waals surface area contributed by atoms with Crippen LogP contribution < -0.4 is 26.8 Å². The quantitative estimate of drug-likeness (QED) is 0.158. The van der Waals surface area contributed by atoms with Gasteiger partial charge in [-0.15, -0.1) is 0 Å². The number of hydrogen-bond acceptors (Lipinski definition) is 4. The molecule has 0 saturated carbocycles. The first kappa shape index (κ1) is 27.3. The fraction of sp³-hybridized carbons (Fsp3) is 0.276. The van der Waals surface area contributed by atoms with Crippen molar-refractivity contribution < 1.29 is 14.3 Å². The SMILES string of the molecule is CCCCCC(=O)N[C@@H](C(=O)NCc1ccc(N=C(N)N)cc1)c1ccc(OCc2ccccc2)cc1. The number of nitrogens with zero attached hydrogens (tertiary/aromatic N) is 1. The van der Waals surface area contributed by atoms with Crippen LogP contribution in [0.15, 0.2) is 83.9 Å². The van der Waals surface area contributed by atoms with Gasteiger partial charge in [-0.3, -0.25) is 9.59 Å². The topological polar surface area (TPSA) is 132 Å². The van der Waals surface area contributed by atoms with Crippen LogP contribution in [-0.2, 0) is 22.7 Å². The molecule has 0 bridgehead atoms. The molecule has 8 nitrogen and oxygen atoms in total. The number of hydrogen-bond donors (Lipinski definition) is 4. The van der Waals surface area contributed by atoms with Crippen LogP contribution >= 0.6 is 0 Å². The molecule has 0 aliphatic carbocycles. The number of nitrogens with two attached hydrogens (primary N) is 2. The molecule has 194 valence electrons. The summed E-state index contributed by atoms with van der Waals surface area (Å²) >= 11 is 0. The average Bonchev–Trinajstić information content (AvgIpc) is 2.91. The largest absolute Gasteiger partial charge is 0.489 e. The lowest BCUT2D eigenvalue weighted by Gasteiger charge is -2.19. The Morgan fingerprint density at radius 3 is 2.24 bits per heavy atom. The van der Waals surface area contributed by atoms with Crippen molar-refractivity contribution in [3.05, 3.63) is 95.6 Å². The number of carbonyl (C=O) groups excluding carboxylic acids is 2. The second-order valence-electron chi connectivity index (χ2n) is 8.72. The molecule has 0 heterocycles. The molecule has 37 heavy (non-hydrogen) atoms. The zero-order valence-corrected chi connectivity index (χ0v) is 21.2. The van der Waals surface area contributed by atoms with Crippen LogP contribution in [-0.4, -0.2) is 17.8 Å². The van der Waals surface area contributed by atoms with Gasteiger partial charge in [0.05, 0.1) is 5.69 Å². The smallest absolute Gasteiger partial charge is 0.247 e. The summed E-state index contributed by atoms with van der Waals surface area (Å²) in [5.74, 6) is 0.214. The molecule has 3 rings (SSSR count). The molecular formula is C29H35N5O3. The van der Waals surface area contributed by atoms with Crippen molar-refractivity contribution in [2.45, 2.75) is 51.8 Å². The van der Waals surface area contributed by atoms with E-state index in [-0.39, 0.29) is 17.8 Å². The Kier molecular flexibility index (Phi) is 10.5. The van der Waals surface area contributed by atoms with Crippen LogP contribution in [0.2, 0.25) is 0 Å². The van der Waals surface area contributed by atoms with E-state index in [9.17, 15) is 9.59 Å². The molecule has 0 spiro atoms. The number of nitrogens with one attached hydrogen (secondary N) is 2. The third-order valence-electron chi connectivity index (χ3n) is 5.70. The van der Waals surface area contributed by atoms with E-state index in [1.165, 1.54) is 0 Å². The highest BCUT2D eigenvalue weighted by molar-refractivity contribution is 5.88. The van der Waals surface area contributed by atoms with Gasteiger partial charge in [-0.1, -0.05) is 74.4 Å². The fourth-order valence-corrected chi connectivity index (χ4v) is 3.70. The van der Waals surface area contributed by atoms with Crippen molar-refractivity contribution in [1.29, 1.82) is 0 Å². The molecule has 0 radical (unpaired) electrons. The Hall–Kier alpha value is -4.33. The summed E-state index contributed by atoms with van der Waals surface area (Å²) in [6, 6.07) is 23.5. The van der Waals surface area contributed by atoms with E-state index in [1.807, 2.05) is 54.6 Å². The Bertz CT molecular complexity index is 1160. The van der Waals surface area contributed by atoms with E-state index in [1.54, 1.807) is 24.3 Å². The lowest BCUT2D eigenvalue weighted by atomic mass is 10.0. The zero-order valence-electron chi connectivity index (χ0n) is 21.2. The highest BCUT2D eigenvalue weighted by Gasteiger charge is 2.22.